The number of hydrogen-bond donors (Lipinski definition) is 0. The second kappa shape index (κ2) is 4.83. The van der Waals surface area contributed by atoms with Crippen LogP contribution in [-0.2, 0) is 4.74 Å². The Morgan fingerprint density at radius 2 is 1.79 bits per heavy atom. The Kier molecular flexibility index (Phi) is 3.99. The van der Waals surface area contributed by atoms with E-state index in [9.17, 15) is 0 Å². The van der Waals surface area contributed by atoms with Gasteiger partial charge in [0.25, 0.3) is 0 Å². The van der Waals surface area contributed by atoms with Gasteiger partial charge in [-0.2, -0.15) is 0 Å². The van der Waals surface area contributed by atoms with Gasteiger partial charge in [-0.1, -0.05) is 6.58 Å². The third kappa shape index (κ3) is 2.74. The highest BCUT2D eigenvalue weighted by Crippen LogP contribution is 2.25. The smallest absolute Gasteiger partial charge is 0.0617 e. The number of ether oxygens (including phenoxy) is 1. The minimum absolute atomic E-state index is 0.342. The highest BCUT2D eigenvalue weighted by Gasteiger charge is 2.29. The molecule has 0 aromatic rings. The Morgan fingerprint density at radius 3 is 2.14 bits per heavy atom. The average Bonchev–Trinajstić information content (AvgIpc) is 2.01. The third-order valence-corrected chi connectivity index (χ3v) is 2.90. The van der Waals surface area contributed by atoms with E-state index in [1.165, 1.54) is 0 Å². The topological polar surface area (TPSA) is 12.5 Å². The zero-order valence-electron chi connectivity index (χ0n) is 9.86. The van der Waals surface area contributed by atoms with Crippen LogP contribution >= 0.6 is 0 Å². The van der Waals surface area contributed by atoms with Crippen molar-refractivity contribution in [2.75, 3.05) is 0 Å². The van der Waals surface area contributed by atoms with E-state index in [4.69, 9.17) is 4.74 Å². The zero-order valence-corrected chi connectivity index (χ0v) is 9.86. The monoisotopic (exact) mass is 197 g/mol. The molecule has 1 aliphatic heterocycles. The summed E-state index contributed by atoms with van der Waals surface area (Å²) in [6, 6.07) is 1.11. The van der Waals surface area contributed by atoms with E-state index in [0.29, 0.717) is 24.3 Å². The van der Waals surface area contributed by atoms with Gasteiger partial charge in [0.05, 0.1) is 12.2 Å². The first kappa shape index (κ1) is 11.6. The molecule has 82 valence electrons. The molecule has 0 aromatic carbocycles. The molecule has 0 spiro atoms. The van der Waals surface area contributed by atoms with Crippen molar-refractivity contribution in [3.63, 3.8) is 0 Å². The fraction of sp³-hybridized carbons (Fsp3) is 0.833. The number of likely N-dealkylation sites (tertiary alicyclic amines) is 1. The van der Waals surface area contributed by atoms with Gasteiger partial charge >= 0.3 is 0 Å². The normalized spacial score (nSPS) is 33.5. The quantitative estimate of drug-likeness (QED) is 0.690. The standard InChI is InChI=1S/C12H23NO/c1-6-13-10(4)7-12(8-11(13)5)14-9(2)3/h6,9-12H,1,7-8H2,2-5H3/t10-,11+,12-. The maximum Gasteiger partial charge on any atom is 0.0617 e. The molecule has 0 saturated carbocycles. The largest absolute Gasteiger partial charge is 0.375 e. The Morgan fingerprint density at radius 1 is 1.29 bits per heavy atom. The van der Waals surface area contributed by atoms with Crippen LogP contribution in [0.5, 0.6) is 0 Å². The van der Waals surface area contributed by atoms with Gasteiger partial charge in [0.1, 0.15) is 0 Å². The Balaban J connectivity index is 2.51. The highest BCUT2D eigenvalue weighted by atomic mass is 16.5. The Labute approximate surface area is 87.9 Å². The summed E-state index contributed by atoms with van der Waals surface area (Å²) in [7, 11) is 0. The minimum Gasteiger partial charge on any atom is -0.375 e. The van der Waals surface area contributed by atoms with Crippen molar-refractivity contribution in [1.29, 1.82) is 0 Å². The number of rotatable bonds is 3. The molecule has 0 bridgehead atoms. The number of hydrogen-bond acceptors (Lipinski definition) is 2. The molecule has 0 aliphatic carbocycles. The highest BCUT2D eigenvalue weighted by molar-refractivity contribution is 4.90. The predicted molar refractivity (Wildman–Crippen MR) is 60.2 cm³/mol. The lowest BCUT2D eigenvalue weighted by atomic mass is 9.95. The maximum absolute atomic E-state index is 5.86. The van der Waals surface area contributed by atoms with E-state index in [1.807, 2.05) is 6.20 Å². The fourth-order valence-corrected chi connectivity index (χ4v) is 2.39. The third-order valence-electron chi connectivity index (χ3n) is 2.90. The molecule has 14 heavy (non-hydrogen) atoms. The van der Waals surface area contributed by atoms with E-state index < -0.39 is 0 Å². The summed E-state index contributed by atoms with van der Waals surface area (Å²) in [5.41, 5.74) is 0. The van der Waals surface area contributed by atoms with Crippen LogP contribution < -0.4 is 0 Å². The van der Waals surface area contributed by atoms with Crippen LogP contribution in [0, 0.1) is 0 Å². The lowest BCUT2D eigenvalue weighted by Gasteiger charge is -2.42. The molecule has 1 rings (SSSR count). The molecule has 0 aromatic heterocycles. The van der Waals surface area contributed by atoms with Crippen LogP contribution in [0.1, 0.15) is 40.5 Å². The fourth-order valence-electron chi connectivity index (χ4n) is 2.39. The molecular weight excluding hydrogens is 174 g/mol. The first-order valence-corrected chi connectivity index (χ1v) is 5.60. The zero-order chi connectivity index (χ0) is 10.7. The molecule has 0 amide bonds. The first-order chi connectivity index (χ1) is 6.54. The van der Waals surface area contributed by atoms with Crippen LogP contribution in [-0.4, -0.2) is 29.2 Å². The van der Waals surface area contributed by atoms with Crippen LogP contribution in [0.2, 0.25) is 0 Å². The summed E-state index contributed by atoms with van der Waals surface area (Å²) in [4.78, 5) is 2.33. The molecule has 1 saturated heterocycles. The van der Waals surface area contributed by atoms with Gasteiger partial charge in [-0.3, -0.25) is 0 Å². The molecular formula is C12H23NO. The average molecular weight is 197 g/mol. The Bertz CT molecular complexity index is 179. The predicted octanol–water partition coefficient (Wildman–Crippen LogP) is 2.80. The maximum atomic E-state index is 5.86. The van der Waals surface area contributed by atoms with E-state index in [1.54, 1.807) is 0 Å². The molecule has 1 aliphatic rings. The lowest BCUT2D eigenvalue weighted by molar-refractivity contribution is -0.0471. The second-order valence-corrected chi connectivity index (χ2v) is 4.61. The molecule has 2 heteroatoms. The first-order valence-electron chi connectivity index (χ1n) is 5.60. The van der Waals surface area contributed by atoms with Gasteiger partial charge in [0.2, 0.25) is 0 Å². The van der Waals surface area contributed by atoms with Crippen LogP contribution in [0.25, 0.3) is 0 Å². The molecule has 0 N–H and O–H groups in total. The minimum atomic E-state index is 0.342. The van der Waals surface area contributed by atoms with Crippen molar-refractivity contribution in [2.24, 2.45) is 0 Å². The molecule has 1 heterocycles. The summed E-state index contributed by atoms with van der Waals surface area (Å²) in [6.07, 6.45) is 4.97. The van der Waals surface area contributed by atoms with E-state index in [0.717, 1.165) is 12.8 Å². The van der Waals surface area contributed by atoms with Gasteiger partial charge in [-0.25, -0.2) is 0 Å². The van der Waals surface area contributed by atoms with Crippen molar-refractivity contribution in [3.05, 3.63) is 12.8 Å². The summed E-state index contributed by atoms with van der Waals surface area (Å²) < 4.78 is 5.86. The van der Waals surface area contributed by atoms with E-state index in [2.05, 4.69) is 39.2 Å². The van der Waals surface area contributed by atoms with Crippen molar-refractivity contribution < 1.29 is 4.74 Å². The molecule has 0 unspecified atom stereocenters. The summed E-state index contributed by atoms with van der Waals surface area (Å²) in [6.45, 7) is 12.6. The SMILES string of the molecule is C=CN1[C@H](C)C[C@@H](OC(C)C)C[C@@H]1C. The van der Waals surface area contributed by atoms with Crippen molar-refractivity contribution in [1.82, 2.24) is 4.90 Å². The van der Waals surface area contributed by atoms with E-state index >= 15 is 0 Å². The van der Waals surface area contributed by atoms with E-state index in [-0.39, 0.29) is 0 Å². The molecule has 1 fully saturated rings. The van der Waals surface area contributed by atoms with Crippen molar-refractivity contribution in [3.8, 4) is 0 Å². The summed E-state index contributed by atoms with van der Waals surface area (Å²) in [5, 5.41) is 0. The number of piperidine rings is 1. The van der Waals surface area contributed by atoms with Crippen molar-refractivity contribution >= 4 is 0 Å². The van der Waals surface area contributed by atoms with Crippen LogP contribution in [0.3, 0.4) is 0 Å². The molecule has 0 radical (unpaired) electrons. The summed E-state index contributed by atoms with van der Waals surface area (Å²) >= 11 is 0. The van der Waals surface area contributed by atoms with Gasteiger partial charge in [0.15, 0.2) is 0 Å². The lowest BCUT2D eigenvalue weighted by Crippen LogP contribution is -2.46. The summed E-state index contributed by atoms with van der Waals surface area (Å²) in [5.74, 6) is 0. The Hall–Kier alpha value is -0.500. The second-order valence-electron chi connectivity index (χ2n) is 4.61. The van der Waals surface area contributed by atoms with Gasteiger partial charge in [-0.05, 0) is 46.7 Å². The van der Waals surface area contributed by atoms with Crippen LogP contribution in [0.4, 0.5) is 0 Å². The molecule has 2 nitrogen and oxygen atoms in total. The van der Waals surface area contributed by atoms with Crippen molar-refractivity contribution in [2.45, 2.75) is 64.8 Å². The van der Waals surface area contributed by atoms with Crippen LogP contribution in [0.15, 0.2) is 12.8 Å². The number of nitrogens with zero attached hydrogens (tertiary/aromatic N) is 1. The van der Waals surface area contributed by atoms with Gasteiger partial charge in [0, 0.05) is 12.1 Å². The van der Waals surface area contributed by atoms with Gasteiger partial charge in [-0.15, -0.1) is 0 Å². The molecule has 3 atom stereocenters. The van der Waals surface area contributed by atoms with Gasteiger partial charge < -0.3 is 9.64 Å².